The van der Waals surface area contributed by atoms with Crippen molar-refractivity contribution in [3.05, 3.63) is 168 Å². The summed E-state index contributed by atoms with van der Waals surface area (Å²) in [7, 11) is 0. The van der Waals surface area contributed by atoms with Gasteiger partial charge in [-0.3, -0.25) is 4.79 Å². The van der Waals surface area contributed by atoms with E-state index in [0.717, 1.165) is 28.7 Å². The van der Waals surface area contributed by atoms with Crippen LogP contribution >= 0.6 is 0 Å². The van der Waals surface area contributed by atoms with Crippen molar-refractivity contribution in [2.75, 3.05) is 0 Å². The summed E-state index contributed by atoms with van der Waals surface area (Å²) in [4.78, 5) is 12.1. The highest BCUT2D eigenvalue weighted by molar-refractivity contribution is 6.40. The molecule has 0 aromatic heterocycles. The third-order valence-electron chi connectivity index (χ3n) is 9.96. The number of carbonyl (C=O) groups excluding carboxylic acids is 1. The third-order valence-corrected chi connectivity index (χ3v) is 9.96. The van der Waals surface area contributed by atoms with Gasteiger partial charge in [0.1, 0.15) is 0 Å². The fraction of sp³-hybridized carbons (Fsp3) is 0.0227. The summed E-state index contributed by atoms with van der Waals surface area (Å²) >= 11 is 0. The van der Waals surface area contributed by atoms with Crippen LogP contribution in [0.25, 0.3) is 75.4 Å². The topological polar surface area (TPSA) is 17.1 Å². The molecule has 0 spiro atoms. The zero-order valence-electron chi connectivity index (χ0n) is 24.5. The second-order valence-corrected chi connectivity index (χ2v) is 12.4. The van der Waals surface area contributed by atoms with Crippen LogP contribution < -0.4 is 0 Å². The molecule has 0 unspecified atom stereocenters. The summed E-state index contributed by atoms with van der Waals surface area (Å²) in [5.41, 5.74) is 4.00. The molecule has 45 heavy (non-hydrogen) atoms. The minimum absolute atomic E-state index is 0.160. The average molecular weight is 571 g/mol. The lowest BCUT2D eigenvalue weighted by atomic mass is 9.84. The second kappa shape index (κ2) is 9.11. The van der Waals surface area contributed by atoms with Gasteiger partial charge < -0.3 is 0 Å². The summed E-state index contributed by atoms with van der Waals surface area (Å²) in [6.07, 6.45) is 0.873. The van der Waals surface area contributed by atoms with E-state index in [1.165, 1.54) is 75.4 Å². The van der Waals surface area contributed by atoms with Crippen molar-refractivity contribution in [2.45, 2.75) is 6.42 Å². The quantitative estimate of drug-likeness (QED) is 0.131. The van der Waals surface area contributed by atoms with E-state index in [4.69, 9.17) is 0 Å². The lowest BCUT2D eigenvalue weighted by molar-refractivity contribution is 0.103. The lowest BCUT2D eigenvalue weighted by Crippen LogP contribution is -2.14. The smallest absolute Gasteiger partial charge is 0.193 e. The van der Waals surface area contributed by atoms with Crippen LogP contribution in [0.3, 0.4) is 0 Å². The molecule has 0 N–H and O–H groups in total. The zero-order chi connectivity index (χ0) is 29.6. The number of fused-ring (bicyclic) bond motifs is 6. The molecule has 0 heterocycles. The highest BCUT2D eigenvalue weighted by Gasteiger charge is 2.22. The predicted molar refractivity (Wildman–Crippen MR) is 190 cm³/mol. The minimum atomic E-state index is 0.160. The molecule has 0 aliphatic heterocycles. The van der Waals surface area contributed by atoms with Crippen molar-refractivity contribution < 1.29 is 4.79 Å². The van der Waals surface area contributed by atoms with Gasteiger partial charge >= 0.3 is 0 Å². The number of benzene rings is 10. The SMILES string of the molecule is O=C1c2ccccc2Cc2ccccc21.c1ccc2c(c1)cc1ccc3cc4c5ccccc5cc5ccc6cc2c1c3c6c54. The van der Waals surface area contributed by atoms with Crippen molar-refractivity contribution in [1.29, 1.82) is 0 Å². The van der Waals surface area contributed by atoms with E-state index < -0.39 is 0 Å². The zero-order valence-corrected chi connectivity index (χ0v) is 24.5. The fourth-order valence-electron chi connectivity index (χ4n) is 7.96. The predicted octanol–water partition coefficient (Wildman–Crippen LogP) is 11.5. The van der Waals surface area contributed by atoms with E-state index >= 15 is 0 Å². The molecule has 0 fully saturated rings. The molecule has 0 atom stereocenters. The molecule has 1 aliphatic carbocycles. The molecule has 1 aliphatic rings. The van der Waals surface area contributed by atoms with Gasteiger partial charge in [-0.05, 0) is 117 Å². The van der Waals surface area contributed by atoms with E-state index in [2.05, 4.69) is 97.1 Å². The maximum atomic E-state index is 12.1. The molecular formula is C44H26O. The number of hydrogen-bond acceptors (Lipinski definition) is 1. The molecule has 0 radical (unpaired) electrons. The van der Waals surface area contributed by atoms with Gasteiger partial charge in [0.15, 0.2) is 5.78 Å². The molecule has 1 nitrogen and oxygen atoms in total. The van der Waals surface area contributed by atoms with Crippen LogP contribution in [-0.2, 0) is 6.42 Å². The normalized spacial score (nSPS) is 12.8. The molecule has 11 rings (SSSR count). The Morgan fingerprint density at radius 1 is 0.333 bits per heavy atom. The van der Waals surface area contributed by atoms with Crippen LogP contribution in [0.5, 0.6) is 0 Å². The number of hydrogen-bond donors (Lipinski definition) is 0. The summed E-state index contributed by atoms with van der Waals surface area (Å²) in [5, 5.41) is 19.0. The molecular weight excluding hydrogens is 544 g/mol. The van der Waals surface area contributed by atoms with Gasteiger partial charge in [0, 0.05) is 11.1 Å². The Balaban J connectivity index is 0.000000149. The number of carbonyl (C=O) groups is 1. The first-order valence-corrected chi connectivity index (χ1v) is 15.6. The first kappa shape index (κ1) is 24.6. The Morgan fingerprint density at radius 2 is 0.733 bits per heavy atom. The Morgan fingerprint density at radius 3 is 1.22 bits per heavy atom. The Bertz CT molecular complexity index is 2610. The standard InChI is InChI=1S/C30H16.C14H10O/c1-3-7-23-17(5-1)13-19-9-11-22-16-26-24-8-4-2-6-18(24)14-20-10-12-21-15-25(23)27(19)29(22)30(21)28(20)26;15-14-12-7-3-1-5-10(12)9-11-6-2-4-8-13(11)14/h1-16H;1-8H,9H2. The first-order valence-electron chi connectivity index (χ1n) is 15.6. The van der Waals surface area contributed by atoms with Crippen LogP contribution in [0, 0.1) is 0 Å². The van der Waals surface area contributed by atoms with Crippen LogP contribution in [0.1, 0.15) is 27.0 Å². The summed E-state index contributed by atoms with van der Waals surface area (Å²) < 4.78 is 0. The highest BCUT2D eigenvalue weighted by Crippen LogP contribution is 2.46. The van der Waals surface area contributed by atoms with Crippen LogP contribution in [0.15, 0.2) is 146 Å². The van der Waals surface area contributed by atoms with Gasteiger partial charge in [0.05, 0.1) is 0 Å². The average Bonchev–Trinajstić information content (AvgIpc) is 3.09. The monoisotopic (exact) mass is 570 g/mol. The molecule has 0 saturated heterocycles. The fourth-order valence-corrected chi connectivity index (χ4v) is 7.96. The van der Waals surface area contributed by atoms with Gasteiger partial charge in [-0.1, -0.05) is 121 Å². The van der Waals surface area contributed by atoms with E-state index in [9.17, 15) is 4.79 Å². The largest absolute Gasteiger partial charge is 0.289 e. The van der Waals surface area contributed by atoms with Crippen molar-refractivity contribution >= 4 is 81.2 Å². The number of rotatable bonds is 0. The maximum absolute atomic E-state index is 12.1. The first-order chi connectivity index (χ1) is 22.2. The maximum Gasteiger partial charge on any atom is 0.193 e. The molecule has 10 aromatic carbocycles. The van der Waals surface area contributed by atoms with E-state index in [-0.39, 0.29) is 5.78 Å². The molecule has 1 heteroatoms. The van der Waals surface area contributed by atoms with Crippen molar-refractivity contribution in [1.82, 2.24) is 0 Å². The van der Waals surface area contributed by atoms with Gasteiger partial charge in [-0.2, -0.15) is 0 Å². The van der Waals surface area contributed by atoms with Gasteiger partial charge in [-0.25, -0.2) is 0 Å². The minimum Gasteiger partial charge on any atom is -0.289 e. The summed E-state index contributed by atoms with van der Waals surface area (Å²) in [6, 6.07) is 52.0. The van der Waals surface area contributed by atoms with E-state index in [0.29, 0.717) is 0 Å². The third kappa shape index (κ3) is 3.47. The summed E-state index contributed by atoms with van der Waals surface area (Å²) in [5.74, 6) is 0.160. The van der Waals surface area contributed by atoms with Gasteiger partial charge in [-0.15, -0.1) is 0 Å². The molecule has 10 aromatic rings. The van der Waals surface area contributed by atoms with E-state index in [1.807, 2.05) is 48.5 Å². The van der Waals surface area contributed by atoms with Crippen molar-refractivity contribution in [2.24, 2.45) is 0 Å². The molecule has 0 amide bonds. The lowest BCUT2D eigenvalue weighted by Gasteiger charge is -2.19. The van der Waals surface area contributed by atoms with E-state index in [1.54, 1.807) is 0 Å². The Labute approximate surface area is 259 Å². The van der Waals surface area contributed by atoms with Crippen molar-refractivity contribution in [3.63, 3.8) is 0 Å². The highest BCUT2D eigenvalue weighted by atomic mass is 16.1. The van der Waals surface area contributed by atoms with Crippen LogP contribution in [-0.4, -0.2) is 5.78 Å². The number of ketones is 1. The second-order valence-electron chi connectivity index (χ2n) is 12.4. The van der Waals surface area contributed by atoms with Gasteiger partial charge in [0.25, 0.3) is 0 Å². The van der Waals surface area contributed by atoms with Crippen LogP contribution in [0.4, 0.5) is 0 Å². The molecule has 0 saturated carbocycles. The Hall–Kier alpha value is -5.79. The van der Waals surface area contributed by atoms with Crippen molar-refractivity contribution in [3.8, 4) is 0 Å². The molecule has 0 bridgehead atoms. The molecule has 208 valence electrons. The summed E-state index contributed by atoms with van der Waals surface area (Å²) in [6.45, 7) is 0. The van der Waals surface area contributed by atoms with Crippen LogP contribution in [0.2, 0.25) is 0 Å². The van der Waals surface area contributed by atoms with Gasteiger partial charge in [0.2, 0.25) is 0 Å². The Kier molecular flexibility index (Phi) is 4.99.